The second-order valence-corrected chi connectivity index (χ2v) is 5.32. The average Bonchev–Trinajstić information content (AvgIpc) is 3.06. The first-order valence-corrected chi connectivity index (χ1v) is 7.12. The van der Waals surface area contributed by atoms with E-state index in [9.17, 15) is 0 Å². The lowest BCUT2D eigenvalue weighted by Gasteiger charge is -2.24. The molecule has 0 amide bonds. The van der Waals surface area contributed by atoms with E-state index >= 15 is 0 Å². The molecule has 0 radical (unpaired) electrons. The van der Waals surface area contributed by atoms with Crippen LogP contribution < -0.4 is 0 Å². The zero-order chi connectivity index (χ0) is 13.1. The third kappa shape index (κ3) is 2.87. The molecule has 1 aromatic heterocycles. The Kier molecular flexibility index (Phi) is 3.65. The van der Waals surface area contributed by atoms with Gasteiger partial charge in [-0.15, -0.1) is 0 Å². The van der Waals surface area contributed by atoms with Crippen LogP contribution in [0.5, 0.6) is 0 Å². The summed E-state index contributed by atoms with van der Waals surface area (Å²) in [5.41, 5.74) is 2.55. The lowest BCUT2D eigenvalue weighted by Crippen LogP contribution is -2.27. The number of aryl methyl sites for hydroxylation is 1. The summed E-state index contributed by atoms with van der Waals surface area (Å²) in [6.45, 7) is 5.32. The average molecular weight is 255 g/mol. The highest BCUT2D eigenvalue weighted by Gasteiger charge is 2.25. The molecule has 0 unspecified atom stereocenters. The molecule has 0 saturated carbocycles. The predicted octanol–water partition coefficient (Wildman–Crippen LogP) is 3.03. The SMILES string of the molecule is Cc1ccn(CCN2CCC[C@H]2c2ccccc2)n1. The zero-order valence-electron chi connectivity index (χ0n) is 11.5. The molecule has 1 saturated heterocycles. The third-order valence-electron chi connectivity index (χ3n) is 3.94. The maximum absolute atomic E-state index is 4.46. The molecule has 0 spiro atoms. The minimum absolute atomic E-state index is 0.595. The van der Waals surface area contributed by atoms with E-state index in [1.54, 1.807) is 0 Å². The minimum atomic E-state index is 0.595. The second-order valence-electron chi connectivity index (χ2n) is 5.32. The van der Waals surface area contributed by atoms with Crippen molar-refractivity contribution in [2.24, 2.45) is 0 Å². The van der Waals surface area contributed by atoms with Crippen LogP contribution in [0.15, 0.2) is 42.6 Å². The van der Waals surface area contributed by atoms with Gasteiger partial charge in [0.15, 0.2) is 0 Å². The van der Waals surface area contributed by atoms with Gasteiger partial charge in [0.2, 0.25) is 0 Å². The normalized spacial score (nSPS) is 19.9. The van der Waals surface area contributed by atoms with Crippen LogP contribution in [0.1, 0.15) is 30.1 Å². The lowest BCUT2D eigenvalue weighted by atomic mass is 10.0. The maximum Gasteiger partial charge on any atom is 0.0593 e. The molecule has 100 valence electrons. The van der Waals surface area contributed by atoms with Gasteiger partial charge in [-0.05, 0) is 37.9 Å². The van der Waals surface area contributed by atoms with Crippen molar-refractivity contribution < 1.29 is 0 Å². The van der Waals surface area contributed by atoms with Crippen LogP contribution in [0.25, 0.3) is 0 Å². The molecule has 19 heavy (non-hydrogen) atoms. The number of benzene rings is 1. The first-order valence-electron chi connectivity index (χ1n) is 7.12. The fourth-order valence-corrected chi connectivity index (χ4v) is 2.97. The van der Waals surface area contributed by atoms with Crippen molar-refractivity contribution in [3.8, 4) is 0 Å². The van der Waals surface area contributed by atoms with Gasteiger partial charge in [-0.3, -0.25) is 9.58 Å². The van der Waals surface area contributed by atoms with Gasteiger partial charge in [-0.1, -0.05) is 30.3 Å². The molecule has 1 fully saturated rings. The summed E-state index contributed by atoms with van der Waals surface area (Å²) < 4.78 is 2.05. The topological polar surface area (TPSA) is 21.1 Å². The van der Waals surface area contributed by atoms with Crippen molar-refractivity contribution in [2.75, 3.05) is 13.1 Å². The third-order valence-corrected chi connectivity index (χ3v) is 3.94. The maximum atomic E-state index is 4.46. The molecule has 1 atom stereocenters. The highest BCUT2D eigenvalue weighted by Crippen LogP contribution is 2.31. The Morgan fingerprint density at radius 2 is 2.00 bits per heavy atom. The van der Waals surface area contributed by atoms with E-state index in [-0.39, 0.29) is 0 Å². The number of likely N-dealkylation sites (tertiary alicyclic amines) is 1. The van der Waals surface area contributed by atoms with Gasteiger partial charge < -0.3 is 0 Å². The Bertz CT molecular complexity index is 518. The highest BCUT2D eigenvalue weighted by atomic mass is 15.3. The molecule has 3 heteroatoms. The molecule has 2 heterocycles. The molecule has 0 N–H and O–H groups in total. The number of hydrogen-bond acceptors (Lipinski definition) is 2. The molecule has 0 aliphatic carbocycles. The summed E-state index contributed by atoms with van der Waals surface area (Å²) in [4.78, 5) is 2.59. The van der Waals surface area contributed by atoms with Gasteiger partial charge in [-0.2, -0.15) is 5.10 Å². The van der Waals surface area contributed by atoms with E-state index < -0.39 is 0 Å². The number of aromatic nitrogens is 2. The summed E-state index contributed by atoms with van der Waals surface area (Å²) in [6.07, 6.45) is 4.66. The van der Waals surface area contributed by atoms with E-state index in [1.165, 1.54) is 24.9 Å². The molecule has 1 aromatic carbocycles. The summed E-state index contributed by atoms with van der Waals surface area (Å²) in [5, 5.41) is 4.46. The van der Waals surface area contributed by atoms with Gasteiger partial charge >= 0.3 is 0 Å². The number of nitrogens with zero attached hydrogens (tertiary/aromatic N) is 3. The van der Waals surface area contributed by atoms with Crippen LogP contribution in [-0.2, 0) is 6.54 Å². The van der Waals surface area contributed by atoms with Crippen molar-refractivity contribution in [3.05, 3.63) is 53.9 Å². The molecule has 0 bridgehead atoms. The Labute approximate surface area is 114 Å². The molecule has 3 rings (SSSR count). The van der Waals surface area contributed by atoms with Gasteiger partial charge in [-0.25, -0.2) is 0 Å². The Morgan fingerprint density at radius 3 is 2.74 bits per heavy atom. The van der Waals surface area contributed by atoms with E-state index in [2.05, 4.69) is 57.3 Å². The molecular formula is C16H21N3. The molecular weight excluding hydrogens is 234 g/mol. The Morgan fingerprint density at radius 1 is 1.16 bits per heavy atom. The summed E-state index contributed by atoms with van der Waals surface area (Å²) in [7, 11) is 0. The van der Waals surface area contributed by atoms with Crippen LogP contribution in [0.2, 0.25) is 0 Å². The van der Waals surface area contributed by atoms with Crippen molar-refractivity contribution in [1.29, 1.82) is 0 Å². The standard InChI is InChI=1S/C16H21N3/c1-14-9-11-19(17-14)13-12-18-10-5-8-16(18)15-6-3-2-4-7-15/h2-4,6-7,9,11,16H,5,8,10,12-13H2,1H3/t16-/m0/s1. The molecule has 1 aliphatic heterocycles. The predicted molar refractivity (Wildman–Crippen MR) is 77.0 cm³/mol. The molecule has 1 aliphatic rings. The molecule has 2 aromatic rings. The minimum Gasteiger partial charge on any atom is -0.294 e. The summed E-state index contributed by atoms with van der Waals surface area (Å²) in [5.74, 6) is 0. The highest BCUT2D eigenvalue weighted by molar-refractivity contribution is 5.19. The van der Waals surface area contributed by atoms with Crippen molar-refractivity contribution in [2.45, 2.75) is 32.4 Å². The monoisotopic (exact) mass is 255 g/mol. The fraction of sp³-hybridized carbons (Fsp3) is 0.438. The Hall–Kier alpha value is -1.61. The van der Waals surface area contributed by atoms with E-state index in [0.717, 1.165) is 18.8 Å². The van der Waals surface area contributed by atoms with Gasteiger partial charge in [0.1, 0.15) is 0 Å². The largest absolute Gasteiger partial charge is 0.294 e. The van der Waals surface area contributed by atoms with Crippen LogP contribution in [0.3, 0.4) is 0 Å². The van der Waals surface area contributed by atoms with Crippen LogP contribution >= 0.6 is 0 Å². The first-order chi connectivity index (χ1) is 9.33. The van der Waals surface area contributed by atoms with Gasteiger partial charge in [0, 0.05) is 18.8 Å². The summed E-state index contributed by atoms with van der Waals surface area (Å²) in [6, 6.07) is 13.5. The van der Waals surface area contributed by atoms with Crippen LogP contribution in [0.4, 0.5) is 0 Å². The van der Waals surface area contributed by atoms with Crippen LogP contribution in [-0.4, -0.2) is 27.8 Å². The van der Waals surface area contributed by atoms with Gasteiger partial charge in [0.05, 0.1) is 12.2 Å². The number of rotatable bonds is 4. The van der Waals surface area contributed by atoms with Crippen molar-refractivity contribution >= 4 is 0 Å². The number of hydrogen-bond donors (Lipinski definition) is 0. The fourth-order valence-electron chi connectivity index (χ4n) is 2.97. The quantitative estimate of drug-likeness (QED) is 0.837. The smallest absolute Gasteiger partial charge is 0.0593 e. The first kappa shape index (κ1) is 12.4. The zero-order valence-corrected chi connectivity index (χ0v) is 11.5. The molecule has 3 nitrogen and oxygen atoms in total. The van der Waals surface area contributed by atoms with E-state index in [4.69, 9.17) is 0 Å². The second kappa shape index (κ2) is 5.57. The van der Waals surface area contributed by atoms with Crippen molar-refractivity contribution in [3.63, 3.8) is 0 Å². The van der Waals surface area contributed by atoms with Crippen LogP contribution in [0, 0.1) is 6.92 Å². The Balaban J connectivity index is 1.64. The van der Waals surface area contributed by atoms with Gasteiger partial charge in [0.25, 0.3) is 0 Å². The van der Waals surface area contributed by atoms with E-state index in [1.807, 2.05) is 6.92 Å². The lowest BCUT2D eigenvalue weighted by molar-refractivity contribution is 0.243. The summed E-state index contributed by atoms with van der Waals surface area (Å²) >= 11 is 0. The van der Waals surface area contributed by atoms with Crippen molar-refractivity contribution in [1.82, 2.24) is 14.7 Å². The van der Waals surface area contributed by atoms with E-state index in [0.29, 0.717) is 6.04 Å².